The van der Waals surface area contributed by atoms with E-state index in [2.05, 4.69) is 0 Å². The molecule has 1 aromatic rings. The fourth-order valence-electron chi connectivity index (χ4n) is 3.44. The number of amides is 1. The maximum absolute atomic E-state index is 12.9. The Bertz CT molecular complexity index is 484. The summed E-state index contributed by atoms with van der Waals surface area (Å²) in [6.07, 6.45) is 5.34. The van der Waals surface area contributed by atoms with Gasteiger partial charge in [0.15, 0.2) is 6.10 Å². The van der Waals surface area contributed by atoms with Gasteiger partial charge in [0.2, 0.25) is 0 Å². The number of ether oxygens (including phenoxy) is 1. The Morgan fingerprint density at radius 3 is 2.55 bits per heavy atom. The quantitative estimate of drug-likeness (QED) is 0.930. The van der Waals surface area contributed by atoms with Crippen molar-refractivity contribution >= 4 is 5.91 Å². The molecule has 0 spiro atoms. The minimum atomic E-state index is -0.533. The normalized spacial score (nSPS) is 24.4. The predicted molar refractivity (Wildman–Crippen MR) is 84.3 cm³/mol. The Labute approximate surface area is 132 Å². The maximum atomic E-state index is 12.9. The Morgan fingerprint density at radius 1 is 1.14 bits per heavy atom. The van der Waals surface area contributed by atoms with Crippen molar-refractivity contribution < 1.29 is 14.6 Å². The van der Waals surface area contributed by atoms with Gasteiger partial charge in [-0.2, -0.15) is 0 Å². The first kappa shape index (κ1) is 15.5. The van der Waals surface area contributed by atoms with Gasteiger partial charge in [-0.3, -0.25) is 4.79 Å². The molecule has 0 radical (unpaired) electrons. The number of likely N-dealkylation sites (tertiary alicyclic amines) is 1. The third kappa shape index (κ3) is 3.68. The van der Waals surface area contributed by atoms with E-state index in [9.17, 15) is 9.90 Å². The number of nitrogens with zero attached hydrogens (tertiary/aromatic N) is 1. The van der Waals surface area contributed by atoms with Crippen LogP contribution in [0.25, 0.3) is 0 Å². The number of aliphatic hydroxyl groups excluding tert-OH is 1. The Hall–Kier alpha value is -1.39. The van der Waals surface area contributed by atoms with Crippen LogP contribution in [0.5, 0.6) is 0 Å². The Balaban J connectivity index is 1.76. The zero-order chi connectivity index (χ0) is 15.4. The highest BCUT2D eigenvalue weighted by atomic mass is 16.5. The summed E-state index contributed by atoms with van der Waals surface area (Å²) in [7, 11) is 0. The highest BCUT2D eigenvalue weighted by Crippen LogP contribution is 2.29. The molecule has 1 N–H and O–H groups in total. The molecule has 22 heavy (non-hydrogen) atoms. The van der Waals surface area contributed by atoms with Crippen LogP contribution >= 0.6 is 0 Å². The van der Waals surface area contributed by atoms with Gasteiger partial charge in [-0.05, 0) is 31.2 Å². The summed E-state index contributed by atoms with van der Waals surface area (Å²) < 4.78 is 6.17. The minimum Gasteiger partial charge on any atom is -0.391 e. The van der Waals surface area contributed by atoms with E-state index in [0.717, 1.165) is 31.2 Å². The molecule has 1 aromatic carbocycles. The molecule has 0 aromatic heterocycles. The van der Waals surface area contributed by atoms with Crippen LogP contribution in [-0.4, -0.2) is 41.2 Å². The third-order valence-corrected chi connectivity index (χ3v) is 4.67. The van der Waals surface area contributed by atoms with E-state index < -0.39 is 12.2 Å². The minimum absolute atomic E-state index is 0.00292. The molecule has 4 heteroatoms. The predicted octanol–water partition coefficient (Wildman–Crippen LogP) is 2.67. The van der Waals surface area contributed by atoms with Crippen molar-refractivity contribution in [1.29, 1.82) is 0 Å². The number of carbonyl (C=O) groups is 1. The average molecular weight is 303 g/mol. The molecular formula is C18H25NO3. The number of carbonyl (C=O) groups excluding carboxylic acids is 1. The topological polar surface area (TPSA) is 49.8 Å². The van der Waals surface area contributed by atoms with Gasteiger partial charge in [0.1, 0.15) is 0 Å². The van der Waals surface area contributed by atoms with Gasteiger partial charge < -0.3 is 14.7 Å². The van der Waals surface area contributed by atoms with Gasteiger partial charge in [0.25, 0.3) is 5.91 Å². The number of β-amino-alcohol motifs (C(OH)–C–C–N with tert-alkyl or cyclic N) is 1. The van der Waals surface area contributed by atoms with E-state index in [4.69, 9.17) is 4.74 Å². The van der Waals surface area contributed by atoms with Crippen molar-refractivity contribution in [2.45, 2.75) is 56.8 Å². The van der Waals surface area contributed by atoms with Crippen LogP contribution in [0.15, 0.2) is 30.3 Å². The number of aliphatic hydroxyl groups is 1. The molecule has 1 amide bonds. The summed E-state index contributed by atoms with van der Waals surface area (Å²) >= 11 is 0. The highest BCUT2D eigenvalue weighted by Gasteiger charge is 2.32. The van der Waals surface area contributed by atoms with Crippen molar-refractivity contribution in [1.82, 2.24) is 4.90 Å². The number of benzene rings is 1. The van der Waals surface area contributed by atoms with E-state index in [-0.39, 0.29) is 12.0 Å². The van der Waals surface area contributed by atoms with Gasteiger partial charge in [-0.25, -0.2) is 0 Å². The van der Waals surface area contributed by atoms with Crippen LogP contribution in [0.4, 0.5) is 0 Å². The molecule has 4 nitrogen and oxygen atoms in total. The summed E-state index contributed by atoms with van der Waals surface area (Å²) in [6.45, 7) is 1.14. The van der Waals surface area contributed by atoms with Gasteiger partial charge in [-0.1, -0.05) is 43.2 Å². The summed E-state index contributed by atoms with van der Waals surface area (Å²) in [5.74, 6) is -0.00292. The maximum Gasteiger partial charge on any atom is 0.256 e. The molecule has 2 atom stereocenters. The van der Waals surface area contributed by atoms with Crippen LogP contribution in [-0.2, 0) is 9.53 Å². The second-order valence-electron chi connectivity index (χ2n) is 6.41. The monoisotopic (exact) mass is 303 g/mol. The molecule has 1 aliphatic heterocycles. The lowest BCUT2D eigenvalue weighted by Crippen LogP contribution is -2.45. The molecule has 2 unspecified atom stereocenters. The van der Waals surface area contributed by atoms with Crippen molar-refractivity contribution in [2.24, 2.45) is 0 Å². The fourth-order valence-corrected chi connectivity index (χ4v) is 3.44. The van der Waals surface area contributed by atoms with Gasteiger partial charge in [-0.15, -0.1) is 0 Å². The van der Waals surface area contributed by atoms with Crippen LogP contribution in [0, 0.1) is 0 Å². The SMILES string of the molecule is O=C(C(OC1CCCC1)c1ccccc1)N1CCCC(O)C1. The lowest BCUT2D eigenvalue weighted by molar-refractivity contribution is -0.151. The molecule has 1 saturated carbocycles. The second-order valence-corrected chi connectivity index (χ2v) is 6.41. The van der Waals surface area contributed by atoms with Gasteiger partial charge in [0, 0.05) is 13.1 Å². The van der Waals surface area contributed by atoms with Crippen LogP contribution in [0.3, 0.4) is 0 Å². The van der Waals surface area contributed by atoms with Crippen molar-refractivity contribution in [3.63, 3.8) is 0 Å². The molecular weight excluding hydrogens is 278 g/mol. The smallest absolute Gasteiger partial charge is 0.256 e. The molecule has 1 heterocycles. The summed E-state index contributed by atoms with van der Waals surface area (Å²) in [6, 6.07) is 9.75. The first-order valence-corrected chi connectivity index (χ1v) is 8.41. The molecule has 0 bridgehead atoms. The standard InChI is InChI=1S/C18H25NO3/c20-15-9-6-12-19(13-15)18(21)17(14-7-2-1-3-8-14)22-16-10-4-5-11-16/h1-3,7-8,15-17,20H,4-6,9-13H2. The van der Waals surface area contributed by atoms with E-state index in [1.165, 1.54) is 12.8 Å². The zero-order valence-electron chi connectivity index (χ0n) is 13.0. The number of rotatable bonds is 4. The number of piperidine rings is 1. The van der Waals surface area contributed by atoms with Crippen molar-refractivity contribution in [2.75, 3.05) is 13.1 Å². The fraction of sp³-hybridized carbons (Fsp3) is 0.611. The lowest BCUT2D eigenvalue weighted by Gasteiger charge is -2.33. The third-order valence-electron chi connectivity index (χ3n) is 4.67. The summed E-state index contributed by atoms with van der Waals surface area (Å²) in [4.78, 5) is 14.7. The number of hydrogen-bond acceptors (Lipinski definition) is 3. The first-order valence-electron chi connectivity index (χ1n) is 8.41. The molecule has 120 valence electrons. The lowest BCUT2D eigenvalue weighted by atomic mass is 10.0. The van der Waals surface area contributed by atoms with E-state index in [1.54, 1.807) is 4.90 Å². The van der Waals surface area contributed by atoms with Crippen molar-refractivity contribution in [3.05, 3.63) is 35.9 Å². The van der Waals surface area contributed by atoms with Crippen molar-refractivity contribution in [3.8, 4) is 0 Å². The zero-order valence-corrected chi connectivity index (χ0v) is 13.0. The van der Waals surface area contributed by atoms with E-state index in [1.807, 2.05) is 30.3 Å². The average Bonchev–Trinajstić information content (AvgIpc) is 3.06. The van der Waals surface area contributed by atoms with Crippen LogP contribution in [0.2, 0.25) is 0 Å². The van der Waals surface area contributed by atoms with E-state index in [0.29, 0.717) is 13.1 Å². The number of hydrogen-bond donors (Lipinski definition) is 1. The summed E-state index contributed by atoms with van der Waals surface area (Å²) in [5.41, 5.74) is 0.916. The molecule has 2 aliphatic rings. The summed E-state index contributed by atoms with van der Waals surface area (Å²) in [5, 5.41) is 9.83. The molecule has 1 aliphatic carbocycles. The first-order chi connectivity index (χ1) is 10.7. The molecule has 3 rings (SSSR count). The highest BCUT2D eigenvalue weighted by molar-refractivity contribution is 5.82. The largest absolute Gasteiger partial charge is 0.391 e. The Kier molecular flexibility index (Phi) is 5.11. The van der Waals surface area contributed by atoms with Crippen LogP contribution in [0.1, 0.15) is 50.2 Å². The van der Waals surface area contributed by atoms with E-state index >= 15 is 0 Å². The van der Waals surface area contributed by atoms with Gasteiger partial charge in [0.05, 0.1) is 12.2 Å². The molecule has 1 saturated heterocycles. The molecule has 2 fully saturated rings. The second kappa shape index (κ2) is 7.25. The van der Waals surface area contributed by atoms with Gasteiger partial charge >= 0.3 is 0 Å². The van der Waals surface area contributed by atoms with Crippen LogP contribution < -0.4 is 0 Å². The Morgan fingerprint density at radius 2 is 1.86 bits per heavy atom.